The van der Waals surface area contributed by atoms with Crippen molar-refractivity contribution in [2.45, 2.75) is 26.2 Å². The topological polar surface area (TPSA) is 3.01 Å². The molecular weight excluding hydrogens is 711 g/mol. The van der Waals surface area contributed by atoms with Crippen molar-refractivity contribution in [2.75, 3.05) is 6.54 Å². The molecule has 0 N–H and O–H groups in total. The molecule has 7 rings (SSSR count). The molecule has 6 aromatic rings. The number of fused-ring (bicyclic) bond motifs is 1. The molecule has 6 aromatic carbocycles. The molecule has 0 unspecified atom stereocenters. The maximum absolute atomic E-state index is 9.84. The van der Waals surface area contributed by atoms with E-state index in [4.69, 9.17) is 0 Å². The van der Waals surface area contributed by atoms with Crippen molar-refractivity contribution in [3.05, 3.63) is 203 Å². The van der Waals surface area contributed by atoms with Crippen LogP contribution < -0.4 is 4.70 Å². The molecule has 1 heterocycles. The van der Waals surface area contributed by atoms with Crippen molar-refractivity contribution in [3.63, 3.8) is 0 Å². The van der Waals surface area contributed by atoms with E-state index in [9.17, 15) is 21.0 Å². The predicted molar refractivity (Wildman–Crippen MR) is 213 cm³/mol. The molecule has 0 bridgehead atoms. The largest absolute Gasteiger partial charge is 1.00 e. The van der Waals surface area contributed by atoms with Gasteiger partial charge in [-0.25, -0.2) is 0 Å². The molecule has 1 aliphatic rings. The number of nitrogens with zero attached hydrogens (tertiary/aromatic N) is 1. The van der Waals surface area contributed by atoms with E-state index in [0.29, 0.717) is 0 Å². The number of allylic oxidation sites excluding steroid dienone is 1. The second-order valence-corrected chi connectivity index (χ2v) is 14.6. The van der Waals surface area contributed by atoms with E-state index in [1.165, 1.54) is 67.1 Å². The van der Waals surface area contributed by atoms with E-state index in [0.717, 1.165) is 6.54 Å². The maximum atomic E-state index is 9.84. The van der Waals surface area contributed by atoms with Crippen LogP contribution in [0.15, 0.2) is 170 Å². The summed E-state index contributed by atoms with van der Waals surface area (Å²) in [5, 5.41) is 0. The Morgan fingerprint density at radius 3 is 1.31 bits per heavy atom. The molecule has 276 valence electrons. The zero-order valence-corrected chi connectivity index (χ0v) is 31.0. The Bertz CT molecular complexity index is 2210. The average molecular weight is 752 g/mol. The second-order valence-electron chi connectivity index (χ2n) is 13.3. The molecule has 0 amide bonds. The van der Waals surface area contributed by atoms with Crippen LogP contribution in [-0.4, -0.2) is 16.8 Å². The van der Waals surface area contributed by atoms with Crippen LogP contribution in [0, 0.1) is 0 Å². The summed E-state index contributed by atoms with van der Waals surface area (Å²) in [4.78, 5) is 0. The summed E-state index contributed by atoms with van der Waals surface area (Å²) in [5.74, 6) is 0. The van der Waals surface area contributed by atoms with E-state index >= 15 is 0 Å². The van der Waals surface area contributed by atoms with E-state index in [1.807, 2.05) is 0 Å². The molecule has 0 atom stereocenters. The van der Waals surface area contributed by atoms with Crippen LogP contribution in [0.1, 0.15) is 54.2 Å². The summed E-state index contributed by atoms with van der Waals surface area (Å²) in [6.45, 7) is 7.84. The van der Waals surface area contributed by atoms with Crippen LogP contribution in [0.25, 0.3) is 28.3 Å². The smallest absolute Gasteiger partial charge is 1.00 e. The molecule has 0 aromatic heterocycles. The summed E-state index contributed by atoms with van der Waals surface area (Å²) in [6.07, 6.45) is 4.56. The summed E-state index contributed by atoms with van der Waals surface area (Å²) >= 11 is 0. The number of para-hydroxylation sites is 1. The number of benzene rings is 6. The van der Waals surface area contributed by atoms with Crippen molar-refractivity contribution in [2.24, 2.45) is 0 Å². The third-order valence-corrected chi connectivity index (χ3v) is 9.40. The second kappa shape index (κ2) is 16.2. The molecule has 0 spiro atoms. The van der Waals surface area contributed by atoms with E-state index in [-0.39, 0.29) is 10.1 Å². The van der Waals surface area contributed by atoms with Crippen LogP contribution in [-0.2, 0) is 5.41 Å². The van der Waals surface area contributed by atoms with Gasteiger partial charge in [0.15, 0.2) is 5.71 Å². The van der Waals surface area contributed by atoms with Crippen LogP contribution in [0.5, 0.6) is 0 Å². The third kappa shape index (κ3) is 9.52. The van der Waals surface area contributed by atoms with Crippen LogP contribution in [0.3, 0.4) is 0 Å². The maximum Gasteiger partial charge on any atom is -1.00 e. The van der Waals surface area contributed by atoms with Gasteiger partial charge in [-0.2, -0.15) is 4.58 Å². The van der Waals surface area contributed by atoms with Gasteiger partial charge in [0.2, 0.25) is 5.69 Å². The Labute approximate surface area is 313 Å². The zero-order chi connectivity index (χ0) is 37.7. The van der Waals surface area contributed by atoms with Gasteiger partial charge in [-0.15, -0.1) is 0 Å². The molecular formula is C46H40F6NP. The Morgan fingerprint density at radius 2 is 0.889 bits per heavy atom. The van der Waals surface area contributed by atoms with Crippen molar-refractivity contribution in [3.8, 4) is 11.1 Å². The van der Waals surface area contributed by atoms with Crippen molar-refractivity contribution < 1.29 is 30.3 Å². The normalized spacial score (nSPS) is 13.9. The van der Waals surface area contributed by atoms with Crippen LogP contribution in [0.4, 0.5) is 26.7 Å². The third-order valence-electron chi connectivity index (χ3n) is 9.40. The first-order chi connectivity index (χ1) is 25.3. The molecule has 54 heavy (non-hydrogen) atoms. The van der Waals surface area contributed by atoms with E-state index in [1.54, 1.807) is 0 Å². The Balaban J connectivity index is 0.000000742. The minimum atomic E-state index is -8.55. The fraction of sp³-hybridized carbons (Fsp3) is 0.109. The van der Waals surface area contributed by atoms with Gasteiger partial charge >= 0.3 is 29.1 Å². The van der Waals surface area contributed by atoms with Crippen LogP contribution in [0.2, 0.25) is 0 Å². The average Bonchev–Trinajstić information content (AvgIpc) is 3.38. The first-order valence-electron chi connectivity index (χ1n) is 17.4. The van der Waals surface area contributed by atoms with Gasteiger partial charge in [-0.3, -0.25) is 0 Å². The SMILES string of the molecule is CC[N+]1=C(/C=C/c2ccc(-c3ccc(C(=C(c4ccccc4)c4ccccc4)c4ccccc4)cc3)cc2)C(C)(C)c2ccccc21.FP(F)(F)(F)F.[F-]. The molecule has 0 radical (unpaired) electrons. The quantitative estimate of drug-likeness (QED) is 0.0631. The molecule has 1 aliphatic heterocycles. The van der Waals surface area contributed by atoms with E-state index in [2.05, 4.69) is 201 Å². The van der Waals surface area contributed by atoms with Crippen LogP contribution >= 0.6 is 8.16 Å². The summed E-state index contributed by atoms with van der Waals surface area (Å²) in [7, 11) is -8.55. The molecule has 1 nitrogen and oxygen atoms in total. The Kier molecular flexibility index (Phi) is 11.9. The minimum absolute atomic E-state index is 0. The van der Waals surface area contributed by atoms with Gasteiger partial charge in [0.25, 0.3) is 0 Å². The van der Waals surface area contributed by atoms with Crippen molar-refractivity contribution >= 4 is 36.8 Å². The minimum Gasteiger partial charge on any atom is -1.00 e. The summed E-state index contributed by atoms with van der Waals surface area (Å²) in [6, 6.07) is 59.0. The molecule has 0 aliphatic carbocycles. The number of rotatable bonds is 8. The zero-order valence-electron chi connectivity index (χ0n) is 30.1. The van der Waals surface area contributed by atoms with Gasteiger partial charge in [-0.1, -0.05) is 158 Å². The Hall–Kier alpha value is -5.52. The van der Waals surface area contributed by atoms with Crippen molar-refractivity contribution in [1.82, 2.24) is 0 Å². The van der Waals surface area contributed by atoms with Gasteiger partial charge in [0.1, 0.15) is 6.54 Å². The van der Waals surface area contributed by atoms with Gasteiger partial charge < -0.3 is 4.70 Å². The van der Waals surface area contributed by atoms with Gasteiger partial charge in [0, 0.05) is 17.7 Å². The number of halogens is 6. The first-order valence-corrected chi connectivity index (χ1v) is 19.1. The van der Waals surface area contributed by atoms with E-state index < -0.39 is 8.16 Å². The van der Waals surface area contributed by atoms with Gasteiger partial charge in [-0.05, 0) is 76.9 Å². The standard InChI is InChI=1S/C46H40N.F5P.FH/c1-4-47-42-23-15-14-22-41(42)46(2,3)43(47)33-26-34-24-27-35(28-25-34)36-29-31-40(32-30-36)45(39-20-12-7-13-21-39)44(37-16-8-5-9-17-37)38-18-10-6-11-19-38;1-6(2,3,4)5;/h5-33H,4H2,1-3H3;;1H/q+1;;/p-1/b33-26+;;. The monoisotopic (exact) mass is 751 g/mol. The van der Waals surface area contributed by atoms with Crippen molar-refractivity contribution in [1.29, 1.82) is 0 Å². The Morgan fingerprint density at radius 1 is 0.519 bits per heavy atom. The number of hydrogen-bond acceptors (Lipinski definition) is 0. The fourth-order valence-corrected chi connectivity index (χ4v) is 7.00. The summed E-state index contributed by atoms with van der Waals surface area (Å²) in [5.41, 5.74) is 14.9. The predicted octanol–water partition coefficient (Wildman–Crippen LogP) is 11.4. The molecule has 0 fully saturated rings. The van der Waals surface area contributed by atoms with Gasteiger partial charge in [0.05, 0.1) is 5.41 Å². The first kappa shape index (κ1) is 39.7. The molecule has 0 saturated carbocycles. The molecule has 8 heteroatoms. The summed E-state index contributed by atoms with van der Waals surface area (Å²) < 4.78 is 51.6. The molecule has 0 saturated heterocycles. The fourth-order valence-electron chi connectivity index (χ4n) is 7.00. The number of hydrogen-bond donors (Lipinski definition) is 0.